The zero-order chi connectivity index (χ0) is 15.4. The van der Waals surface area contributed by atoms with Crippen LogP contribution in [0.1, 0.15) is 17.3 Å². The molecule has 0 bridgehead atoms. The first-order valence-electron chi connectivity index (χ1n) is 5.24. The monoisotopic (exact) mass is 308 g/mol. The van der Waals surface area contributed by atoms with Crippen LogP contribution in [0, 0.1) is 17.5 Å². The Balaban J connectivity index is 3.37. The van der Waals surface area contributed by atoms with Gasteiger partial charge >= 0.3 is 5.97 Å². The molecule has 0 aliphatic heterocycles. The van der Waals surface area contributed by atoms with Gasteiger partial charge in [0, 0.05) is 0 Å². The molecule has 0 unspecified atom stereocenters. The summed E-state index contributed by atoms with van der Waals surface area (Å²) in [5.74, 6) is -8.53. The number of carboxylic acid groups (broad SMARTS) is 1. The molecule has 0 aliphatic rings. The van der Waals surface area contributed by atoms with Crippen molar-refractivity contribution in [2.24, 2.45) is 0 Å². The standard InChI is InChI=1S/C12H8ClF3O4/c1-2-20-4-6(12(18)19)11(17)5-3-7(13)9(15)10(16)8(5)14/h3-4H,2H2,1H3,(H,18,19)/b6-4-. The smallest absolute Gasteiger partial charge is 0.342 e. The van der Waals surface area contributed by atoms with Crippen LogP contribution in [0.4, 0.5) is 13.2 Å². The minimum atomic E-state index is -1.96. The van der Waals surface area contributed by atoms with E-state index in [1.165, 1.54) is 6.92 Å². The van der Waals surface area contributed by atoms with E-state index in [0.717, 1.165) is 0 Å². The van der Waals surface area contributed by atoms with Crippen molar-refractivity contribution in [2.45, 2.75) is 6.92 Å². The summed E-state index contributed by atoms with van der Waals surface area (Å²) in [7, 11) is 0. The van der Waals surface area contributed by atoms with Crippen LogP contribution >= 0.6 is 11.6 Å². The van der Waals surface area contributed by atoms with Crippen LogP contribution in [0.25, 0.3) is 0 Å². The van der Waals surface area contributed by atoms with Gasteiger partial charge in [-0.25, -0.2) is 18.0 Å². The fourth-order valence-corrected chi connectivity index (χ4v) is 1.44. The zero-order valence-electron chi connectivity index (χ0n) is 10.0. The van der Waals surface area contributed by atoms with Crippen molar-refractivity contribution >= 4 is 23.4 Å². The van der Waals surface area contributed by atoms with Crippen LogP contribution in [-0.2, 0) is 9.53 Å². The van der Waals surface area contributed by atoms with E-state index in [4.69, 9.17) is 16.7 Å². The summed E-state index contributed by atoms with van der Waals surface area (Å²) >= 11 is 5.29. The second-order valence-electron chi connectivity index (χ2n) is 3.47. The molecule has 20 heavy (non-hydrogen) atoms. The second-order valence-corrected chi connectivity index (χ2v) is 3.88. The largest absolute Gasteiger partial charge is 0.500 e. The highest BCUT2D eigenvalue weighted by atomic mass is 35.5. The molecule has 0 amide bonds. The molecule has 1 N–H and O–H groups in total. The molecule has 8 heteroatoms. The van der Waals surface area contributed by atoms with Gasteiger partial charge in [0.25, 0.3) is 0 Å². The number of carbonyl (C=O) groups excluding carboxylic acids is 1. The Bertz CT molecular complexity index is 599. The van der Waals surface area contributed by atoms with Crippen LogP contribution in [0.5, 0.6) is 0 Å². The quantitative estimate of drug-likeness (QED) is 0.173. The number of carbonyl (C=O) groups is 2. The van der Waals surface area contributed by atoms with Crippen LogP contribution in [0.2, 0.25) is 5.02 Å². The summed E-state index contributed by atoms with van der Waals surface area (Å²) in [5.41, 5.74) is -1.94. The zero-order valence-corrected chi connectivity index (χ0v) is 10.8. The van der Waals surface area contributed by atoms with Gasteiger partial charge in [0.2, 0.25) is 5.78 Å². The average Bonchev–Trinajstić information content (AvgIpc) is 2.40. The van der Waals surface area contributed by atoms with Gasteiger partial charge in [0.15, 0.2) is 17.5 Å². The van der Waals surface area contributed by atoms with Gasteiger partial charge < -0.3 is 9.84 Å². The third kappa shape index (κ3) is 3.11. The van der Waals surface area contributed by atoms with Gasteiger partial charge in [0.05, 0.1) is 17.2 Å². The van der Waals surface area contributed by atoms with Crippen molar-refractivity contribution < 1.29 is 32.6 Å². The van der Waals surface area contributed by atoms with E-state index in [0.29, 0.717) is 12.3 Å². The maximum Gasteiger partial charge on any atom is 0.342 e. The average molecular weight is 309 g/mol. The molecule has 0 saturated heterocycles. The summed E-state index contributed by atoms with van der Waals surface area (Å²) in [6.07, 6.45) is 0.597. The molecule has 0 radical (unpaired) electrons. The maximum absolute atomic E-state index is 13.5. The summed E-state index contributed by atoms with van der Waals surface area (Å²) < 4.78 is 44.2. The van der Waals surface area contributed by atoms with E-state index >= 15 is 0 Å². The molecule has 1 aromatic carbocycles. The van der Waals surface area contributed by atoms with Crippen molar-refractivity contribution in [3.05, 3.63) is 45.9 Å². The molecule has 108 valence electrons. The lowest BCUT2D eigenvalue weighted by Gasteiger charge is -2.06. The van der Waals surface area contributed by atoms with E-state index in [9.17, 15) is 22.8 Å². The normalized spacial score (nSPS) is 11.3. The number of benzene rings is 1. The van der Waals surface area contributed by atoms with E-state index in [-0.39, 0.29) is 6.61 Å². The Labute approximate surface area is 116 Å². The highest BCUT2D eigenvalue weighted by molar-refractivity contribution is 6.32. The van der Waals surface area contributed by atoms with Crippen molar-refractivity contribution in [3.8, 4) is 0 Å². The number of ketones is 1. The molecular weight excluding hydrogens is 301 g/mol. The Morgan fingerprint density at radius 3 is 2.40 bits per heavy atom. The van der Waals surface area contributed by atoms with E-state index in [1.54, 1.807) is 0 Å². The molecular formula is C12H8ClF3O4. The Morgan fingerprint density at radius 1 is 1.30 bits per heavy atom. The number of hydrogen-bond acceptors (Lipinski definition) is 3. The topological polar surface area (TPSA) is 63.6 Å². The molecule has 0 saturated carbocycles. The Morgan fingerprint density at radius 2 is 1.90 bits per heavy atom. The molecule has 0 heterocycles. The SMILES string of the molecule is CCO/C=C(\C(=O)O)C(=O)c1cc(Cl)c(F)c(F)c1F. The van der Waals surface area contributed by atoms with Crippen molar-refractivity contribution in [1.82, 2.24) is 0 Å². The predicted octanol–water partition coefficient (Wildman–Crippen LogP) is 2.95. The van der Waals surface area contributed by atoms with Gasteiger partial charge in [-0.05, 0) is 13.0 Å². The number of rotatable bonds is 5. The Kier molecular flexibility index (Phi) is 5.15. The number of aliphatic carboxylic acids is 1. The minimum absolute atomic E-state index is 0.0606. The summed E-state index contributed by atoms with van der Waals surface area (Å²) in [5, 5.41) is 7.98. The van der Waals surface area contributed by atoms with Crippen molar-refractivity contribution in [3.63, 3.8) is 0 Å². The second kappa shape index (κ2) is 6.42. The van der Waals surface area contributed by atoms with Crippen LogP contribution in [-0.4, -0.2) is 23.5 Å². The Hall–Kier alpha value is -2.02. The molecule has 1 rings (SSSR count). The first-order chi connectivity index (χ1) is 9.31. The number of Topliss-reactive ketones (excluding diaryl/α,β-unsaturated/α-hetero) is 1. The van der Waals surface area contributed by atoms with Crippen LogP contribution < -0.4 is 0 Å². The maximum atomic E-state index is 13.5. The van der Waals surface area contributed by atoms with Crippen LogP contribution in [0.15, 0.2) is 17.9 Å². The third-order valence-corrected chi connectivity index (χ3v) is 2.47. The number of ether oxygens (including phenoxy) is 1. The first-order valence-corrected chi connectivity index (χ1v) is 5.61. The van der Waals surface area contributed by atoms with Gasteiger partial charge in [0.1, 0.15) is 11.8 Å². The molecule has 0 aromatic heterocycles. The lowest BCUT2D eigenvalue weighted by Crippen LogP contribution is -2.16. The van der Waals surface area contributed by atoms with Crippen LogP contribution in [0.3, 0.4) is 0 Å². The number of carboxylic acids is 1. The van der Waals surface area contributed by atoms with Gasteiger partial charge in [-0.3, -0.25) is 4.79 Å². The molecule has 0 fully saturated rings. The fourth-order valence-electron chi connectivity index (χ4n) is 1.25. The van der Waals surface area contributed by atoms with Gasteiger partial charge in [-0.2, -0.15) is 0 Å². The van der Waals surface area contributed by atoms with E-state index in [1.807, 2.05) is 0 Å². The van der Waals surface area contributed by atoms with E-state index < -0.39 is 45.4 Å². The highest BCUT2D eigenvalue weighted by Gasteiger charge is 2.27. The molecule has 0 atom stereocenters. The van der Waals surface area contributed by atoms with Gasteiger partial charge in [-0.1, -0.05) is 11.6 Å². The number of halogens is 4. The molecule has 1 aromatic rings. The van der Waals surface area contributed by atoms with Crippen molar-refractivity contribution in [2.75, 3.05) is 6.61 Å². The van der Waals surface area contributed by atoms with E-state index in [2.05, 4.69) is 4.74 Å². The molecule has 0 spiro atoms. The summed E-state index contributed by atoms with van der Waals surface area (Å²) in [4.78, 5) is 22.7. The number of hydrogen-bond donors (Lipinski definition) is 1. The highest BCUT2D eigenvalue weighted by Crippen LogP contribution is 2.25. The lowest BCUT2D eigenvalue weighted by atomic mass is 10.0. The summed E-state index contributed by atoms with van der Waals surface area (Å²) in [6.45, 7) is 1.58. The third-order valence-electron chi connectivity index (χ3n) is 2.19. The first kappa shape index (κ1) is 16.0. The molecule has 4 nitrogen and oxygen atoms in total. The predicted molar refractivity (Wildman–Crippen MR) is 63.0 cm³/mol. The molecule has 0 aliphatic carbocycles. The lowest BCUT2D eigenvalue weighted by molar-refractivity contribution is -0.132. The van der Waals surface area contributed by atoms with Crippen molar-refractivity contribution in [1.29, 1.82) is 0 Å². The van der Waals surface area contributed by atoms with Gasteiger partial charge in [-0.15, -0.1) is 0 Å². The summed E-state index contributed by atoms with van der Waals surface area (Å²) in [6, 6.07) is 0.514. The minimum Gasteiger partial charge on any atom is -0.500 e. The fraction of sp³-hybridized carbons (Fsp3) is 0.167.